The van der Waals surface area contributed by atoms with Gasteiger partial charge in [0.2, 0.25) is 10.0 Å². The van der Waals surface area contributed by atoms with E-state index < -0.39 is 26.6 Å². The molecule has 0 aliphatic heterocycles. The number of aromatic nitrogens is 2. The topological polar surface area (TPSA) is 64.0 Å². The number of hydrogen-bond donors (Lipinski definition) is 1. The first-order chi connectivity index (χ1) is 12.7. The molecule has 0 aliphatic carbocycles. The van der Waals surface area contributed by atoms with Crippen molar-refractivity contribution in [2.75, 3.05) is 0 Å². The summed E-state index contributed by atoms with van der Waals surface area (Å²) in [6.45, 7) is 4.44. The maximum atomic E-state index is 13.7. The van der Waals surface area contributed by atoms with Gasteiger partial charge in [-0.1, -0.05) is 24.3 Å². The van der Waals surface area contributed by atoms with Crippen LogP contribution in [0.1, 0.15) is 22.5 Å². The molecule has 1 aromatic heterocycles. The average Bonchev–Trinajstić information content (AvgIpc) is 2.90. The van der Waals surface area contributed by atoms with E-state index in [9.17, 15) is 17.2 Å². The lowest BCUT2D eigenvalue weighted by Gasteiger charge is -2.10. The lowest BCUT2D eigenvalue weighted by molar-refractivity contribution is 0.543. The number of aryl methyl sites for hydroxylation is 2. The molecule has 0 fully saturated rings. The van der Waals surface area contributed by atoms with E-state index in [1.165, 1.54) is 0 Å². The molecule has 5 nitrogen and oxygen atoms in total. The number of benzene rings is 2. The third kappa shape index (κ3) is 4.58. The highest BCUT2D eigenvalue weighted by atomic mass is 32.2. The SMILES string of the molecule is Cc1cc(C)n(Cc2cccc(CNS(=O)(=O)c3ccc(F)cc3F)c2)n1. The van der Waals surface area contributed by atoms with Crippen molar-refractivity contribution in [1.82, 2.24) is 14.5 Å². The Morgan fingerprint density at radius 3 is 2.44 bits per heavy atom. The molecule has 2 aromatic carbocycles. The van der Waals surface area contributed by atoms with Gasteiger partial charge < -0.3 is 0 Å². The molecule has 0 spiro atoms. The molecule has 0 atom stereocenters. The summed E-state index contributed by atoms with van der Waals surface area (Å²) in [5.41, 5.74) is 3.65. The monoisotopic (exact) mass is 391 g/mol. The van der Waals surface area contributed by atoms with Crippen LogP contribution in [0.3, 0.4) is 0 Å². The van der Waals surface area contributed by atoms with E-state index in [1.807, 2.05) is 42.8 Å². The molecule has 1 heterocycles. The predicted octanol–water partition coefficient (Wildman–Crippen LogP) is 3.30. The molecule has 142 valence electrons. The minimum absolute atomic E-state index is 0.00981. The minimum atomic E-state index is -4.09. The molecule has 27 heavy (non-hydrogen) atoms. The first-order valence-corrected chi connectivity index (χ1v) is 9.76. The second-order valence-corrected chi connectivity index (χ2v) is 8.04. The van der Waals surface area contributed by atoms with Gasteiger partial charge in [0.15, 0.2) is 0 Å². The van der Waals surface area contributed by atoms with Crippen molar-refractivity contribution >= 4 is 10.0 Å². The largest absolute Gasteiger partial charge is 0.265 e. The van der Waals surface area contributed by atoms with E-state index in [1.54, 1.807) is 6.07 Å². The molecular weight excluding hydrogens is 372 g/mol. The zero-order valence-corrected chi connectivity index (χ0v) is 15.7. The zero-order chi connectivity index (χ0) is 19.6. The number of sulfonamides is 1. The molecule has 3 rings (SSSR count). The minimum Gasteiger partial charge on any atom is -0.265 e. The van der Waals surface area contributed by atoms with E-state index in [2.05, 4.69) is 9.82 Å². The third-order valence-electron chi connectivity index (χ3n) is 4.08. The zero-order valence-electron chi connectivity index (χ0n) is 14.9. The highest BCUT2D eigenvalue weighted by molar-refractivity contribution is 7.89. The maximum absolute atomic E-state index is 13.7. The Kier molecular flexibility index (Phi) is 5.38. The average molecular weight is 391 g/mol. The van der Waals surface area contributed by atoms with Crippen molar-refractivity contribution in [3.05, 3.63) is 82.7 Å². The standard InChI is InChI=1S/C19H19F2N3O2S/c1-13-8-14(2)24(23-13)12-16-5-3-4-15(9-16)11-22-27(25,26)19-7-6-17(20)10-18(19)21/h3-10,22H,11-12H2,1-2H3. The van der Waals surface area contributed by atoms with Crippen LogP contribution in [0.15, 0.2) is 53.4 Å². The summed E-state index contributed by atoms with van der Waals surface area (Å²) >= 11 is 0. The fraction of sp³-hybridized carbons (Fsp3) is 0.211. The summed E-state index contributed by atoms with van der Waals surface area (Å²) in [5, 5.41) is 4.41. The second-order valence-electron chi connectivity index (χ2n) is 6.30. The quantitative estimate of drug-likeness (QED) is 0.701. The fourth-order valence-corrected chi connectivity index (χ4v) is 3.87. The number of halogens is 2. The van der Waals surface area contributed by atoms with Crippen LogP contribution >= 0.6 is 0 Å². The van der Waals surface area contributed by atoms with E-state index in [4.69, 9.17) is 0 Å². The van der Waals surface area contributed by atoms with Crippen LogP contribution in [0.25, 0.3) is 0 Å². The van der Waals surface area contributed by atoms with Crippen LogP contribution in [0.2, 0.25) is 0 Å². The van der Waals surface area contributed by atoms with Crippen LogP contribution in [-0.4, -0.2) is 18.2 Å². The summed E-state index contributed by atoms with van der Waals surface area (Å²) in [6.07, 6.45) is 0. The number of nitrogens with one attached hydrogen (secondary N) is 1. The smallest absolute Gasteiger partial charge is 0.243 e. The molecule has 0 bridgehead atoms. The molecule has 0 aliphatic rings. The van der Waals surface area contributed by atoms with Crippen LogP contribution < -0.4 is 4.72 Å². The Labute approximate surface area is 156 Å². The number of rotatable bonds is 6. The molecule has 8 heteroatoms. The van der Waals surface area contributed by atoms with Crippen LogP contribution in [-0.2, 0) is 23.1 Å². The van der Waals surface area contributed by atoms with Gasteiger partial charge in [-0.05, 0) is 43.2 Å². The van der Waals surface area contributed by atoms with Crippen LogP contribution in [0, 0.1) is 25.5 Å². The van der Waals surface area contributed by atoms with Gasteiger partial charge in [-0.15, -0.1) is 0 Å². The van der Waals surface area contributed by atoms with Crippen molar-refractivity contribution in [2.24, 2.45) is 0 Å². The second kappa shape index (κ2) is 7.58. The summed E-state index contributed by atoms with van der Waals surface area (Å²) in [6, 6.07) is 11.7. The molecular formula is C19H19F2N3O2S. The van der Waals surface area contributed by atoms with Crippen molar-refractivity contribution in [3.63, 3.8) is 0 Å². The Morgan fingerprint density at radius 1 is 1.04 bits per heavy atom. The maximum Gasteiger partial charge on any atom is 0.243 e. The summed E-state index contributed by atoms with van der Waals surface area (Å²) in [7, 11) is -4.09. The van der Waals surface area contributed by atoms with E-state index >= 15 is 0 Å². The van der Waals surface area contributed by atoms with Gasteiger partial charge in [0.25, 0.3) is 0 Å². The first kappa shape index (κ1) is 19.2. The van der Waals surface area contributed by atoms with Crippen molar-refractivity contribution in [3.8, 4) is 0 Å². The summed E-state index contributed by atoms with van der Waals surface area (Å²) in [4.78, 5) is -0.581. The van der Waals surface area contributed by atoms with E-state index in [0.717, 1.165) is 34.6 Å². The molecule has 0 unspecified atom stereocenters. The third-order valence-corrected chi connectivity index (χ3v) is 5.51. The van der Waals surface area contributed by atoms with Gasteiger partial charge in [-0.3, -0.25) is 4.68 Å². The Hall–Kier alpha value is -2.58. The lowest BCUT2D eigenvalue weighted by Crippen LogP contribution is -2.24. The van der Waals surface area contributed by atoms with Crippen molar-refractivity contribution < 1.29 is 17.2 Å². The fourth-order valence-electron chi connectivity index (χ4n) is 2.80. The lowest BCUT2D eigenvalue weighted by atomic mass is 10.1. The Morgan fingerprint density at radius 2 is 1.78 bits per heavy atom. The summed E-state index contributed by atoms with van der Waals surface area (Å²) in [5.74, 6) is -1.95. The van der Waals surface area contributed by atoms with Gasteiger partial charge in [-0.2, -0.15) is 5.10 Å². The Balaban J connectivity index is 1.73. The highest BCUT2D eigenvalue weighted by Gasteiger charge is 2.19. The van der Waals surface area contributed by atoms with Gasteiger partial charge in [0.05, 0.1) is 12.2 Å². The first-order valence-electron chi connectivity index (χ1n) is 8.28. The number of nitrogens with zero attached hydrogens (tertiary/aromatic N) is 2. The van der Waals surface area contributed by atoms with Crippen molar-refractivity contribution in [1.29, 1.82) is 0 Å². The molecule has 3 aromatic rings. The molecule has 0 saturated carbocycles. The molecule has 1 N–H and O–H groups in total. The predicted molar refractivity (Wildman–Crippen MR) is 97.6 cm³/mol. The van der Waals surface area contributed by atoms with Gasteiger partial charge in [0, 0.05) is 18.3 Å². The molecule has 0 saturated heterocycles. The summed E-state index contributed by atoms with van der Waals surface area (Å²) < 4.78 is 55.5. The van der Waals surface area contributed by atoms with Gasteiger partial charge in [-0.25, -0.2) is 21.9 Å². The Bertz CT molecular complexity index is 1080. The number of hydrogen-bond acceptors (Lipinski definition) is 3. The van der Waals surface area contributed by atoms with E-state index in [-0.39, 0.29) is 6.54 Å². The van der Waals surface area contributed by atoms with Crippen LogP contribution in [0.4, 0.5) is 8.78 Å². The molecule has 0 radical (unpaired) electrons. The highest BCUT2D eigenvalue weighted by Crippen LogP contribution is 2.16. The van der Waals surface area contributed by atoms with Crippen LogP contribution in [0.5, 0.6) is 0 Å². The normalized spacial score (nSPS) is 11.7. The van der Waals surface area contributed by atoms with Gasteiger partial charge >= 0.3 is 0 Å². The molecule has 0 amide bonds. The van der Waals surface area contributed by atoms with E-state index in [0.29, 0.717) is 12.6 Å². The van der Waals surface area contributed by atoms with Crippen molar-refractivity contribution in [2.45, 2.75) is 31.8 Å². The van der Waals surface area contributed by atoms with Gasteiger partial charge in [0.1, 0.15) is 16.5 Å².